The molecule has 42 heavy (non-hydrogen) atoms. The van der Waals surface area contributed by atoms with Gasteiger partial charge in [-0.1, -0.05) is 33.2 Å². The molecule has 5 rings (SSSR count). The van der Waals surface area contributed by atoms with Crippen LogP contribution in [0.4, 0.5) is 13.2 Å². The average Bonchev–Trinajstić information content (AvgIpc) is 2.97. The van der Waals surface area contributed by atoms with Crippen LogP contribution in [0.2, 0.25) is 0 Å². The minimum Gasteiger partial charge on any atom is -0.507 e. The lowest BCUT2D eigenvalue weighted by molar-refractivity contribution is -0.138. The summed E-state index contributed by atoms with van der Waals surface area (Å²) in [5.74, 6) is -0.843. The zero-order valence-corrected chi connectivity index (χ0v) is 25.2. The molecule has 3 heterocycles. The number of amides is 1. The van der Waals surface area contributed by atoms with Gasteiger partial charge in [0.05, 0.1) is 22.4 Å². The van der Waals surface area contributed by atoms with Crippen molar-refractivity contribution in [3.63, 3.8) is 0 Å². The maximum atomic E-state index is 13.3. The molecular weight excluding hydrogens is 613 g/mol. The van der Waals surface area contributed by atoms with E-state index in [9.17, 15) is 23.1 Å². The van der Waals surface area contributed by atoms with Crippen LogP contribution < -0.4 is 0 Å². The number of halogens is 4. The monoisotopic (exact) mass is 646 g/mol. The summed E-state index contributed by atoms with van der Waals surface area (Å²) >= 11 is 3.50. The third-order valence-corrected chi connectivity index (χ3v) is 9.08. The number of phenols is 1. The molecule has 1 amide bonds. The Balaban J connectivity index is 1.22. The summed E-state index contributed by atoms with van der Waals surface area (Å²) in [6.45, 7) is 7.62. The van der Waals surface area contributed by atoms with Crippen molar-refractivity contribution < 1.29 is 27.9 Å². The second-order valence-electron chi connectivity index (χ2n) is 11.2. The van der Waals surface area contributed by atoms with Gasteiger partial charge in [-0.05, 0) is 82.4 Å². The van der Waals surface area contributed by atoms with Crippen LogP contribution in [0, 0.1) is 5.92 Å². The van der Waals surface area contributed by atoms with Crippen molar-refractivity contribution in [3.8, 4) is 5.75 Å². The van der Waals surface area contributed by atoms with E-state index in [0.29, 0.717) is 25.6 Å². The molecule has 0 saturated carbocycles. The Bertz CT molecular complexity index is 1460. The molecule has 2 aliphatic rings. The van der Waals surface area contributed by atoms with E-state index in [2.05, 4.69) is 50.0 Å². The molecule has 0 aliphatic carbocycles. The first-order chi connectivity index (χ1) is 20.0. The second kappa shape index (κ2) is 12.2. The van der Waals surface area contributed by atoms with E-state index in [-0.39, 0.29) is 27.9 Å². The predicted octanol–water partition coefficient (Wildman–Crippen LogP) is 6.87. The molecule has 2 aliphatic heterocycles. The van der Waals surface area contributed by atoms with Gasteiger partial charge in [0.2, 0.25) is 0 Å². The van der Waals surface area contributed by atoms with Gasteiger partial charge in [-0.15, -0.1) is 0 Å². The smallest absolute Gasteiger partial charge is 0.419 e. The first kappa shape index (κ1) is 30.3. The first-order valence-electron chi connectivity index (χ1n) is 14.2. The van der Waals surface area contributed by atoms with Crippen LogP contribution in [-0.2, 0) is 11.0 Å². The Morgan fingerprint density at radius 2 is 1.76 bits per heavy atom. The van der Waals surface area contributed by atoms with E-state index < -0.39 is 17.5 Å². The van der Waals surface area contributed by atoms with Gasteiger partial charge in [0.25, 0.3) is 5.91 Å². The highest BCUT2D eigenvalue weighted by Crippen LogP contribution is 2.38. The van der Waals surface area contributed by atoms with Crippen molar-refractivity contribution in [1.82, 2.24) is 14.8 Å². The van der Waals surface area contributed by atoms with Gasteiger partial charge < -0.3 is 14.8 Å². The van der Waals surface area contributed by atoms with Gasteiger partial charge in [0.15, 0.2) is 0 Å². The summed E-state index contributed by atoms with van der Waals surface area (Å²) in [4.78, 5) is 27.2. The molecule has 2 fully saturated rings. The lowest BCUT2D eigenvalue weighted by Gasteiger charge is -2.49. The van der Waals surface area contributed by atoms with Gasteiger partial charge in [-0.25, -0.2) is 0 Å². The number of rotatable bonds is 6. The van der Waals surface area contributed by atoms with Crippen LogP contribution in [0.25, 0.3) is 10.9 Å². The molecule has 3 aromatic rings. The lowest BCUT2D eigenvalue weighted by Crippen LogP contribution is -2.56. The van der Waals surface area contributed by atoms with Gasteiger partial charge in [0.1, 0.15) is 12.4 Å². The zero-order valence-electron chi connectivity index (χ0n) is 23.6. The topological polar surface area (TPSA) is 78.3 Å². The van der Waals surface area contributed by atoms with Crippen LogP contribution in [0.3, 0.4) is 0 Å². The number of hydrogen-bond donors (Lipinski definition) is 1. The first-order valence-corrected chi connectivity index (χ1v) is 15.0. The molecule has 0 atom stereocenters. The highest BCUT2D eigenvalue weighted by atomic mass is 79.9. The van der Waals surface area contributed by atoms with E-state index in [4.69, 9.17) is 4.84 Å². The quantitative estimate of drug-likeness (QED) is 0.234. The van der Waals surface area contributed by atoms with Crippen molar-refractivity contribution in [2.45, 2.75) is 51.2 Å². The minimum absolute atomic E-state index is 0.0582. The normalized spacial score (nSPS) is 18.8. The number of alkyl halides is 3. The van der Waals surface area contributed by atoms with Crippen molar-refractivity contribution in [2.75, 3.05) is 32.8 Å². The number of carbonyl (C=O) groups is 1. The molecule has 0 bridgehead atoms. The Labute approximate surface area is 251 Å². The van der Waals surface area contributed by atoms with Crippen molar-refractivity contribution in [1.29, 1.82) is 0 Å². The summed E-state index contributed by atoms with van der Waals surface area (Å²) < 4.78 is 40.9. The number of aromatic nitrogens is 1. The Hall–Kier alpha value is -3.18. The highest BCUT2D eigenvalue weighted by molar-refractivity contribution is 9.10. The van der Waals surface area contributed by atoms with E-state index in [1.807, 2.05) is 19.1 Å². The fraction of sp³-hybridized carbons (Fsp3) is 0.452. The van der Waals surface area contributed by atoms with Gasteiger partial charge >= 0.3 is 6.18 Å². The number of fused-ring (bicyclic) bond motifs is 1. The van der Waals surface area contributed by atoms with E-state index in [1.54, 1.807) is 4.90 Å². The second-order valence-corrected chi connectivity index (χ2v) is 12.2. The summed E-state index contributed by atoms with van der Waals surface area (Å²) in [5.41, 5.74) is 1.28. The zero-order chi connectivity index (χ0) is 30.1. The minimum atomic E-state index is -4.71. The number of pyridine rings is 1. The van der Waals surface area contributed by atoms with Crippen LogP contribution in [-0.4, -0.2) is 69.8 Å². The van der Waals surface area contributed by atoms with Crippen LogP contribution >= 0.6 is 15.9 Å². The van der Waals surface area contributed by atoms with Crippen molar-refractivity contribution in [3.05, 3.63) is 69.8 Å². The number of carbonyl (C=O) groups excluding carboxylic acids is 1. The maximum absolute atomic E-state index is 13.3. The third-order valence-electron chi connectivity index (χ3n) is 8.56. The SMILES string of the molecule is CCON=C(c1ccc(Br)cc1)C1CCN(C2(C)CCN(C(=O)c3cnc4cc(O)c(C(F)(F)F)cc4c3)CC2)CC1. The van der Waals surface area contributed by atoms with Crippen LogP contribution in [0.15, 0.2) is 58.3 Å². The Morgan fingerprint density at radius 3 is 2.38 bits per heavy atom. The molecule has 0 radical (unpaired) electrons. The molecule has 2 aromatic carbocycles. The number of piperidine rings is 2. The van der Waals surface area contributed by atoms with Crippen molar-refractivity contribution >= 4 is 38.5 Å². The molecule has 1 aromatic heterocycles. The van der Waals surface area contributed by atoms with E-state index >= 15 is 0 Å². The molecule has 224 valence electrons. The van der Waals surface area contributed by atoms with Crippen LogP contribution in [0.5, 0.6) is 5.75 Å². The fourth-order valence-electron chi connectivity index (χ4n) is 6.01. The number of nitrogens with zero attached hydrogens (tertiary/aromatic N) is 4. The van der Waals surface area contributed by atoms with E-state index in [0.717, 1.165) is 66.7 Å². The Morgan fingerprint density at radius 1 is 1.10 bits per heavy atom. The van der Waals surface area contributed by atoms with Crippen LogP contribution in [0.1, 0.15) is 61.0 Å². The third kappa shape index (κ3) is 6.41. The lowest BCUT2D eigenvalue weighted by atomic mass is 9.82. The highest BCUT2D eigenvalue weighted by Gasteiger charge is 2.39. The summed E-state index contributed by atoms with van der Waals surface area (Å²) in [6.07, 6.45) is 0.159. The average molecular weight is 648 g/mol. The predicted molar refractivity (Wildman–Crippen MR) is 159 cm³/mol. The van der Waals surface area contributed by atoms with Gasteiger partial charge in [0, 0.05) is 46.7 Å². The summed E-state index contributed by atoms with van der Waals surface area (Å²) in [5, 5.41) is 14.4. The number of benzene rings is 2. The molecule has 1 N–H and O–H groups in total. The van der Waals surface area contributed by atoms with Gasteiger partial charge in [-0.2, -0.15) is 13.2 Å². The molecule has 2 saturated heterocycles. The van der Waals surface area contributed by atoms with Gasteiger partial charge in [-0.3, -0.25) is 14.7 Å². The molecular formula is C31H34BrF3N4O3. The number of likely N-dealkylation sites (tertiary alicyclic amines) is 2. The number of aromatic hydroxyl groups is 1. The standard InChI is InChI=1S/C31H34BrF3N4O3/c1-3-42-37-28(20-4-6-24(32)7-5-20)21-8-12-39(13-9-21)30(2)10-14-38(15-11-30)29(41)23-16-22-17-25(31(33,34)35)27(40)18-26(22)36-19-23/h4-7,16-19,21,40H,3,8-15H2,1-2H3. The molecule has 11 heteroatoms. The number of phenolic OH excluding ortho intramolecular Hbond substituents is 1. The molecule has 0 spiro atoms. The maximum Gasteiger partial charge on any atom is 0.419 e. The molecule has 7 nitrogen and oxygen atoms in total. The number of oxime groups is 1. The molecule has 0 unspecified atom stereocenters. The largest absolute Gasteiger partial charge is 0.507 e. The summed E-state index contributed by atoms with van der Waals surface area (Å²) in [6, 6.07) is 11.4. The fourth-order valence-corrected chi connectivity index (χ4v) is 6.27. The van der Waals surface area contributed by atoms with Crippen molar-refractivity contribution in [2.24, 2.45) is 11.1 Å². The summed E-state index contributed by atoms with van der Waals surface area (Å²) in [7, 11) is 0. The Kier molecular flexibility index (Phi) is 8.80. The van der Waals surface area contributed by atoms with E-state index in [1.165, 1.54) is 12.3 Å². The number of hydrogen-bond acceptors (Lipinski definition) is 6.